The number of rotatable bonds is 2. The lowest BCUT2D eigenvalue weighted by molar-refractivity contribution is 0.144. The predicted molar refractivity (Wildman–Crippen MR) is 40.5 cm³/mol. The predicted octanol–water partition coefficient (Wildman–Crippen LogP) is 0.945. The van der Waals surface area contributed by atoms with E-state index in [2.05, 4.69) is 10.1 Å². The summed E-state index contributed by atoms with van der Waals surface area (Å²) >= 11 is 0. The van der Waals surface area contributed by atoms with E-state index in [4.69, 9.17) is 0 Å². The highest BCUT2D eigenvalue weighted by Gasteiger charge is 2.23. The molecule has 0 saturated carbocycles. The Bertz CT molecular complexity index is 488. The van der Waals surface area contributed by atoms with Gasteiger partial charge in [0.25, 0.3) is 6.43 Å². The monoisotopic (exact) mass is 244 g/mol. The van der Waals surface area contributed by atoms with Crippen molar-refractivity contribution in [3.05, 3.63) is 23.5 Å². The van der Waals surface area contributed by atoms with Crippen LogP contribution in [-0.2, 0) is 10.0 Å². The third kappa shape index (κ3) is 2.42. The van der Waals surface area contributed by atoms with Crippen molar-refractivity contribution in [1.82, 2.24) is 4.98 Å². The minimum atomic E-state index is -4.54. The topological polar surface area (TPSA) is 73.1 Å². The van der Waals surface area contributed by atoms with Gasteiger partial charge in [-0.25, -0.2) is 22.3 Å². The second-order valence-electron chi connectivity index (χ2n) is 2.50. The van der Waals surface area contributed by atoms with E-state index in [9.17, 15) is 26.0 Å². The molecule has 0 spiro atoms. The van der Waals surface area contributed by atoms with Crippen LogP contribution in [0.25, 0.3) is 0 Å². The summed E-state index contributed by atoms with van der Waals surface area (Å²) in [6.45, 7) is 0. The maximum absolute atomic E-state index is 12.7. The van der Waals surface area contributed by atoms with Crippen molar-refractivity contribution in [2.24, 2.45) is 5.14 Å². The number of nitrogens with two attached hydrogens (primary N) is 1. The third-order valence-electron chi connectivity index (χ3n) is 1.47. The average molecular weight is 244 g/mol. The number of pyridine rings is 1. The SMILES string of the molecule is NS(=O)(=O)c1cc(C(F)F)c(F)nc1F. The van der Waals surface area contributed by atoms with Gasteiger partial charge in [-0.15, -0.1) is 0 Å². The molecule has 2 N–H and O–H groups in total. The number of nitrogens with zero attached hydrogens (tertiary/aromatic N) is 1. The molecule has 0 unspecified atom stereocenters. The molecular formula is C6H4F4N2O2S. The van der Waals surface area contributed by atoms with E-state index in [1.54, 1.807) is 0 Å². The van der Waals surface area contributed by atoms with Crippen LogP contribution in [0.2, 0.25) is 0 Å². The van der Waals surface area contributed by atoms with Crippen LogP contribution in [0.5, 0.6) is 0 Å². The molecule has 9 heteroatoms. The highest BCUT2D eigenvalue weighted by atomic mass is 32.2. The van der Waals surface area contributed by atoms with Crippen LogP contribution < -0.4 is 5.14 Å². The number of hydrogen-bond donors (Lipinski definition) is 1. The maximum Gasteiger partial charge on any atom is 0.268 e. The third-order valence-corrected chi connectivity index (χ3v) is 2.37. The lowest BCUT2D eigenvalue weighted by atomic mass is 10.3. The zero-order valence-electron chi connectivity index (χ0n) is 6.92. The van der Waals surface area contributed by atoms with Crippen LogP contribution in [0.15, 0.2) is 11.0 Å². The van der Waals surface area contributed by atoms with E-state index in [-0.39, 0.29) is 6.07 Å². The molecule has 0 saturated heterocycles. The van der Waals surface area contributed by atoms with Crippen molar-refractivity contribution >= 4 is 10.0 Å². The smallest absolute Gasteiger partial charge is 0.224 e. The van der Waals surface area contributed by atoms with Gasteiger partial charge >= 0.3 is 0 Å². The summed E-state index contributed by atoms with van der Waals surface area (Å²) in [5.41, 5.74) is -1.32. The maximum atomic E-state index is 12.7. The van der Waals surface area contributed by atoms with E-state index in [1.165, 1.54) is 0 Å². The highest BCUT2D eigenvalue weighted by molar-refractivity contribution is 7.89. The van der Waals surface area contributed by atoms with Crippen molar-refractivity contribution < 1.29 is 26.0 Å². The molecule has 0 aliphatic carbocycles. The normalized spacial score (nSPS) is 12.1. The highest BCUT2D eigenvalue weighted by Crippen LogP contribution is 2.24. The van der Waals surface area contributed by atoms with Crippen LogP contribution >= 0.6 is 0 Å². The Morgan fingerprint density at radius 1 is 1.27 bits per heavy atom. The van der Waals surface area contributed by atoms with Gasteiger partial charge in [-0.3, -0.25) is 0 Å². The Hall–Kier alpha value is -1.22. The summed E-state index contributed by atoms with van der Waals surface area (Å²) in [6.07, 6.45) is -3.31. The summed E-state index contributed by atoms with van der Waals surface area (Å²) in [6, 6.07) is 0.123. The number of alkyl halides is 2. The van der Waals surface area contributed by atoms with Gasteiger partial charge in [-0.1, -0.05) is 0 Å². The molecule has 1 rings (SSSR count). The van der Waals surface area contributed by atoms with Crippen molar-refractivity contribution in [3.63, 3.8) is 0 Å². The van der Waals surface area contributed by atoms with Gasteiger partial charge in [0.2, 0.25) is 21.9 Å². The summed E-state index contributed by atoms with van der Waals surface area (Å²) in [4.78, 5) is 1.12. The zero-order chi connectivity index (χ0) is 11.8. The molecule has 0 radical (unpaired) electrons. The lowest BCUT2D eigenvalue weighted by Gasteiger charge is -2.04. The fourth-order valence-corrected chi connectivity index (χ4v) is 1.39. The van der Waals surface area contributed by atoms with Crippen LogP contribution in [0.1, 0.15) is 12.0 Å². The Morgan fingerprint density at radius 3 is 2.20 bits per heavy atom. The molecule has 84 valence electrons. The number of halogens is 4. The first-order valence-electron chi connectivity index (χ1n) is 3.40. The van der Waals surface area contributed by atoms with E-state index in [0.29, 0.717) is 0 Å². The van der Waals surface area contributed by atoms with Gasteiger partial charge in [0, 0.05) is 0 Å². The lowest BCUT2D eigenvalue weighted by Crippen LogP contribution is -2.16. The molecule has 0 atom stereocenters. The molecule has 1 heterocycles. The van der Waals surface area contributed by atoms with E-state index >= 15 is 0 Å². The molecule has 0 aliphatic heterocycles. The molecule has 0 amide bonds. The molecule has 0 aromatic carbocycles. The van der Waals surface area contributed by atoms with Gasteiger partial charge in [0.15, 0.2) is 0 Å². The summed E-state index contributed by atoms with van der Waals surface area (Å²) in [5, 5.41) is 4.50. The Balaban J connectivity index is 3.50. The summed E-state index contributed by atoms with van der Waals surface area (Å²) < 4.78 is 70.9. The van der Waals surface area contributed by atoms with Crippen molar-refractivity contribution in [1.29, 1.82) is 0 Å². The molecule has 15 heavy (non-hydrogen) atoms. The van der Waals surface area contributed by atoms with Crippen LogP contribution in [0.4, 0.5) is 17.6 Å². The quantitative estimate of drug-likeness (QED) is 0.621. The number of aromatic nitrogens is 1. The van der Waals surface area contributed by atoms with Gasteiger partial charge < -0.3 is 0 Å². The number of primary sulfonamides is 1. The Kier molecular flexibility index (Phi) is 2.95. The molecular weight excluding hydrogens is 240 g/mol. The molecule has 1 aromatic rings. The average Bonchev–Trinajstić information content (AvgIpc) is 2.00. The Labute approximate surface area is 81.8 Å². The zero-order valence-corrected chi connectivity index (χ0v) is 7.73. The first-order chi connectivity index (χ1) is 6.73. The molecule has 0 aliphatic rings. The number of sulfonamides is 1. The van der Waals surface area contributed by atoms with E-state index in [0.717, 1.165) is 0 Å². The van der Waals surface area contributed by atoms with Crippen LogP contribution in [0.3, 0.4) is 0 Å². The first kappa shape index (κ1) is 11.9. The first-order valence-corrected chi connectivity index (χ1v) is 4.95. The minimum Gasteiger partial charge on any atom is -0.224 e. The number of hydrogen-bond acceptors (Lipinski definition) is 3. The largest absolute Gasteiger partial charge is 0.268 e. The molecule has 0 fully saturated rings. The van der Waals surface area contributed by atoms with E-state index in [1.807, 2.05) is 0 Å². The fourth-order valence-electron chi connectivity index (χ4n) is 0.819. The van der Waals surface area contributed by atoms with Crippen molar-refractivity contribution in [3.8, 4) is 0 Å². The van der Waals surface area contributed by atoms with Gasteiger partial charge in [0.1, 0.15) is 4.90 Å². The van der Waals surface area contributed by atoms with Gasteiger partial charge in [-0.05, 0) is 6.07 Å². The second kappa shape index (κ2) is 3.74. The van der Waals surface area contributed by atoms with E-state index < -0.39 is 38.8 Å². The standard InChI is InChI=1S/C6H4F4N2O2S/c7-4(8)2-1-3(15(11,13)14)6(10)12-5(2)9/h1,4H,(H2,11,13,14). The molecule has 4 nitrogen and oxygen atoms in total. The van der Waals surface area contributed by atoms with Crippen molar-refractivity contribution in [2.45, 2.75) is 11.3 Å². The van der Waals surface area contributed by atoms with Crippen molar-refractivity contribution in [2.75, 3.05) is 0 Å². The summed E-state index contributed by atoms with van der Waals surface area (Å²) in [7, 11) is -4.54. The molecule has 0 bridgehead atoms. The van der Waals surface area contributed by atoms with Gasteiger partial charge in [0.05, 0.1) is 5.56 Å². The fraction of sp³-hybridized carbons (Fsp3) is 0.167. The Morgan fingerprint density at radius 2 is 1.80 bits per heavy atom. The minimum absolute atomic E-state index is 0.123. The molecule has 1 aromatic heterocycles. The summed E-state index contributed by atoms with van der Waals surface area (Å²) in [5.74, 6) is -3.52. The van der Waals surface area contributed by atoms with Gasteiger partial charge in [-0.2, -0.15) is 13.8 Å². The van der Waals surface area contributed by atoms with Crippen LogP contribution in [0, 0.1) is 11.9 Å². The van der Waals surface area contributed by atoms with Crippen LogP contribution in [-0.4, -0.2) is 13.4 Å². The second-order valence-corrected chi connectivity index (χ2v) is 4.03.